The summed E-state index contributed by atoms with van der Waals surface area (Å²) in [6, 6.07) is 14.9. The summed E-state index contributed by atoms with van der Waals surface area (Å²) in [6.07, 6.45) is 0. The number of thioether (sulfide) groups is 1. The number of hydrogen-bond donors (Lipinski definition) is 1. The highest BCUT2D eigenvalue weighted by atomic mass is 35.5. The Kier molecular flexibility index (Phi) is 6.24. The van der Waals surface area contributed by atoms with Crippen molar-refractivity contribution in [3.05, 3.63) is 81.7 Å². The molecule has 0 bridgehead atoms. The standard InChI is InChI=1S/C21H21ClN2O2S/c1-13(16-8-4-6-10-19(16)22)23-21(25)17-9-5-7-11-20(17)27-12-18-14(2)24-26-15(18)3/h4-11,13H,12H2,1-3H3,(H,23,25). The third kappa shape index (κ3) is 4.54. The number of amides is 1. The van der Waals surface area contributed by atoms with Crippen LogP contribution in [-0.4, -0.2) is 11.1 Å². The zero-order valence-corrected chi connectivity index (χ0v) is 17.0. The molecule has 140 valence electrons. The van der Waals surface area contributed by atoms with Gasteiger partial charge in [0.2, 0.25) is 0 Å². The number of aryl methyl sites for hydroxylation is 2. The third-order valence-electron chi connectivity index (χ3n) is 4.40. The van der Waals surface area contributed by atoms with Crippen molar-refractivity contribution in [1.82, 2.24) is 10.5 Å². The molecule has 2 aromatic carbocycles. The van der Waals surface area contributed by atoms with Gasteiger partial charge in [-0.2, -0.15) is 0 Å². The largest absolute Gasteiger partial charge is 0.361 e. The average molecular weight is 401 g/mol. The van der Waals surface area contributed by atoms with Crippen LogP contribution >= 0.6 is 23.4 Å². The van der Waals surface area contributed by atoms with Gasteiger partial charge in [-0.15, -0.1) is 11.8 Å². The normalized spacial score (nSPS) is 12.0. The predicted octanol–water partition coefficient (Wildman–Crippen LogP) is 5.73. The topological polar surface area (TPSA) is 55.1 Å². The van der Waals surface area contributed by atoms with Gasteiger partial charge in [-0.3, -0.25) is 4.79 Å². The molecule has 3 rings (SSSR count). The maximum Gasteiger partial charge on any atom is 0.252 e. The Bertz CT molecular complexity index is 935. The van der Waals surface area contributed by atoms with Crippen LogP contribution in [0.25, 0.3) is 0 Å². The smallest absolute Gasteiger partial charge is 0.252 e. The molecule has 0 radical (unpaired) electrons. The molecule has 4 nitrogen and oxygen atoms in total. The number of benzene rings is 2. The minimum Gasteiger partial charge on any atom is -0.361 e. The van der Waals surface area contributed by atoms with E-state index in [0.29, 0.717) is 16.3 Å². The first-order chi connectivity index (χ1) is 13.0. The summed E-state index contributed by atoms with van der Waals surface area (Å²) in [6.45, 7) is 5.76. The Morgan fingerprint density at radius 1 is 1.19 bits per heavy atom. The second-order valence-corrected chi connectivity index (χ2v) is 7.73. The molecule has 0 spiro atoms. The fraction of sp³-hybridized carbons (Fsp3) is 0.238. The lowest BCUT2D eigenvalue weighted by molar-refractivity contribution is 0.0937. The Hall–Kier alpha value is -2.24. The summed E-state index contributed by atoms with van der Waals surface area (Å²) < 4.78 is 5.22. The van der Waals surface area contributed by atoms with Crippen LogP contribution in [0.15, 0.2) is 57.9 Å². The van der Waals surface area contributed by atoms with Gasteiger partial charge in [-0.05, 0) is 44.5 Å². The summed E-state index contributed by atoms with van der Waals surface area (Å²) in [5, 5.41) is 7.67. The van der Waals surface area contributed by atoms with E-state index in [2.05, 4.69) is 10.5 Å². The molecule has 3 aromatic rings. The number of carbonyl (C=O) groups is 1. The van der Waals surface area contributed by atoms with E-state index in [1.165, 1.54) is 0 Å². The predicted molar refractivity (Wildman–Crippen MR) is 109 cm³/mol. The van der Waals surface area contributed by atoms with Crippen molar-refractivity contribution in [3.8, 4) is 0 Å². The number of carbonyl (C=O) groups excluding carboxylic acids is 1. The maximum absolute atomic E-state index is 12.9. The molecular formula is C21H21ClN2O2S. The second kappa shape index (κ2) is 8.63. The third-order valence-corrected chi connectivity index (χ3v) is 5.85. The Morgan fingerprint density at radius 2 is 1.89 bits per heavy atom. The van der Waals surface area contributed by atoms with Crippen LogP contribution in [0.3, 0.4) is 0 Å². The molecule has 1 aromatic heterocycles. The lowest BCUT2D eigenvalue weighted by Gasteiger charge is -2.17. The molecule has 0 saturated heterocycles. The van der Waals surface area contributed by atoms with E-state index in [-0.39, 0.29) is 11.9 Å². The van der Waals surface area contributed by atoms with Crippen LogP contribution in [0.2, 0.25) is 5.02 Å². The number of rotatable bonds is 6. The van der Waals surface area contributed by atoms with Gasteiger partial charge in [-0.25, -0.2) is 0 Å². The molecule has 1 heterocycles. The molecule has 27 heavy (non-hydrogen) atoms. The maximum atomic E-state index is 12.9. The van der Waals surface area contributed by atoms with E-state index >= 15 is 0 Å². The number of aromatic nitrogens is 1. The van der Waals surface area contributed by atoms with Crippen molar-refractivity contribution in [1.29, 1.82) is 0 Å². The fourth-order valence-corrected chi connectivity index (χ4v) is 4.32. The van der Waals surface area contributed by atoms with Gasteiger partial charge < -0.3 is 9.84 Å². The van der Waals surface area contributed by atoms with Crippen LogP contribution < -0.4 is 5.32 Å². The molecule has 6 heteroatoms. The van der Waals surface area contributed by atoms with Crippen LogP contribution in [0.4, 0.5) is 0 Å². The molecule has 0 aliphatic carbocycles. The summed E-state index contributed by atoms with van der Waals surface area (Å²) >= 11 is 7.85. The molecule has 1 unspecified atom stereocenters. The first-order valence-electron chi connectivity index (χ1n) is 8.66. The van der Waals surface area contributed by atoms with E-state index in [9.17, 15) is 4.79 Å². The fourth-order valence-electron chi connectivity index (χ4n) is 2.82. The number of nitrogens with one attached hydrogen (secondary N) is 1. The van der Waals surface area contributed by atoms with E-state index in [4.69, 9.17) is 16.1 Å². The second-order valence-electron chi connectivity index (χ2n) is 6.30. The lowest BCUT2D eigenvalue weighted by Crippen LogP contribution is -2.27. The summed E-state index contributed by atoms with van der Waals surface area (Å²) in [7, 11) is 0. The van der Waals surface area contributed by atoms with Gasteiger partial charge in [0.1, 0.15) is 5.76 Å². The van der Waals surface area contributed by atoms with Crippen LogP contribution in [-0.2, 0) is 5.75 Å². The van der Waals surface area contributed by atoms with E-state index in [0.717, 1.165) is 27.5 Å². The first-order valence-corrected chi connectivity index (χ1v) is 10.0. The van der Waals surface area contributed by atoms with Gasteiger partial charge in [0, 0.05) is 21.2 Å². The first kappa shape index (κ1) is 19.5. The van der Waals surface area contributed by atoms with Crippen molar-refractivity contribution in [3.63, 3.8) is 0 Å². The number of nitrogens with zero attached hydrogens (tertiary/aromatic N) is 1. The summed E-state index contributed by atoms with van der Waals surface area (Å²) in [5.74, 6) is 1.39. The Balaban J connectivity index is 1.75. The molecular weight excluding hydrogens is 380 g/mol. The van der Waals surface area contributed by atoms with Crippen LogP contribution in [0, 0.1) is 13.8 Å². The highest BCUT2D eigenvalue weighted by molar-refractivity contribution is 7.98. The van der Waals surface area contributed by atoms with Crippen molar-refractivity contribution >= 4 is 29.3 Å². The highest BCUT2D eigenvalue weighted by Gasteiger charge is 2.17. The molecule has 0 saturated carbocycles. The molecule has 0 fully saturated rings. The number of halogens is 1. The Morgan fingerprint density at radius 3 is 2.59 bits per heavy atom. The minimum atomic E-state index is -0.188. The molecule has 0 aliphatic rings. The lowest BCUT2D eigenvalue weighted by atomic mass is 10.1. The number of hydrogen-bond acceptors (Lipinski definition) is 4. The monoisotopic (exact) mass is 400 g/mol. The van der Waals surface area contributed by atoms with Gasteiger partial charge in [0.25, 0.3) is 5.91 Å². The van der Waals surface area contributed by atoms with E-state index in [1.807, 2.05) is 69.3 Å². The molecule has 1 amide bonds. The summed E-state index contributed by atoms with van der Waals surface area (Å²) in [5.41, 5.74) is 3.50. The van der Waals surface area contributed by atoms with Gasteiger partial charge in [-0.1, -0.05) is 47.1 Å². The van der Waals surface area contributed by atoms with Gasteiger partial charge >= 0.3 is 0 Å². The molecule has 1 atom stereocenters. The highest BCUT2D eigenvalue weighted by Crippen LogP contribution is 2.29. The quantitative estimate of drug-likeness (QED) is 0.537. The van der Waals surface area contributed by atoms with E-state index in [1.54, 1.807) is 11.8 Å². The molecule has 0 aliphatic heterocycles. The zero-order chi connectivity index (χ0) is 19.4. The zero-order valence-electron chi connectivity index (χ0n) is 15.5. The SMILES string of the molecule is Cc1noc(C)c1CSc1ccccc1C(=O)NC(C)c1ccccc1Cl. The van der Waals surface area contributed by atoms with Crippen molar-refractivity contribution < 1.29 is 9.32 Å². The van der Waals surface area contributed by atoms with Crippen molar-refractivity contribution in [2.75, 3.05) is 0 Å². The van der Waals surface area contributed by atoms with Crippen LogP contribution in [0.5, 0.6) is 0 Å². The Labute approximate surface area is 168 Å². The summed E-state index contributed by atoms with van der Waals surface area (Å²) in [4.78, 5) is 13.8. The molecule has 1 N–H and O–H groups in total. The van der Waals surface area contributed by atoms with Crippen molar-refractivity contribution in [2.24, 2.45) is 0 Å². The van der Waals surface area contributed by atoms with Crippen LogP contribution in [0.1, 0.15) is 45.9 Å². The van der Waals surface area contributed by atoms with E-state index < -0.39 is 0 Å². The minimum absolute atomic E-state index is 0.121. The van der Waals surface area contributed by atoms with Gasteiger partial charge in [0.05, 0.1) is 17.3 Å². The van der Waals surface area contributed by atoms with Gasteiger partial charge in [0.15, 0.2) is 0 Å². The average Bonchev–Trinajstić information content (AvgIpc) is 2.98. The van der Waals surface area contributed by atoms with Crippen molar-refractivity contribution in [2.45, 2.75) is 37.5 Å².